The Bertz CT molecular complexity index is 175. The van der Waals surface area contributed by atoms with Gasteiger partial charge in [0.25, 0.3) is 0 Å². The van der Waals surface area contributed by atoms with Crippen LogP contribution in [-0.4, -0.2) is 29.0 Å². The van der Waals surface area contributed by atoms with E-state index in [-0.39, 0.29) is 11.8 Å². The van der Waals surface area contributed by atoms with Gasteiger partial charge in [-0.1, -0.05) is 0 Å². The summed E-state index contributed by atoms with van der Waals surface area (Å²) in [6.45, 7) is 0.459. The van der Waals surface area contributed by atoms with Crippen molar-refractivity contribution in [2.45, 2.75) is 25.7 Å². The van der Waals surface area contributed by atoms with E-state index < -0.39 is 0 Å². The highest BCUT2D eigenvalue weighted by atomic mass is 32.1. The van der Waals surface area contributed by atoms with Crippen LogP contribution < -0.4 is 0 Å². The minimum Gasteiger partial charge on any atom is -0.282 e. The van der Waals surface area contributed by atoms with Crippen molar-refractivity contribution in [3.8, 4) is 0 Å². The molecular weight excluding hydrogens is 174 g/mol. The lowest BCUT2D eigenvalue weighted by Gasteiger charge is -2.16. The topological polar surface area (TPSA) is 37.4 Å². The number of hydrogen-bond acceptors (Lipinski definition) is 3. The van der Waals surface area contributed by atoms with Crippen molar-refractivity contribution in [2.75, 3.05) is 12.3 Å². The van der Waals surface area contributed by atoms with E-state index in [1.807, 2.05) is 0 Å². The second-order valence-electron chi connectivity index (χ2n) is 2.87. The summed E-state index contributed by atoms with van der Waals surface area (Å²) in [5.74, 6) is 0.482. The summed E-state index contributed by atoms with van der Waals surface area (Å²) in [7, 11) is 0. The van der Waals surface area contributed by atoms with E-state index >= 15 is 0 Å². The van der Waals surface area contributed by atoms with E-state index in [4.69, 9.17) is 0 Å². The number of hydrogen-bond donors (Lipinski definition) is 1. The van der Waals surface area contributed by atoms with E-state index in [2.05, 4.69) is 12.6 Å². The van der Waals surface area contributed by atoms with Crippen LogP contribution in [0.4, 0.5) is 0 Å². The first-order valence-corrected chi connectivity index (χ1v) is 4.83. The van der Waals surface area contributed by atoms with E-state index in [0.29, 0.717) is 25.1 Å². The maximum absolute atomic E-state index is 11.3. The molecule has 0 aromatic carbocycles. The van der Waals surface area contributed by atoms with Crippen LogP contribution in [0.25, 0.3) is 0 Å². The van der Waals surface area contributed by atoms with Gasteiger partial charge in [-0.15, -0.1) is 0 Å². The molecule has 1 heterocycles. The molecule has 0 atom stereocenters. The second kappa shape index (κ2) is 4.50. The quantitative estimate of drug-likeness (QED) is 0.514. The molecule has 3 nitrogen and oxygen atoms in total. The average Bonchev–Trinajstić information content (AvgIpc) is 2.19. The van der Waals surface area contributed by atoms with Gasteiger partial charge in [-0.05, 0) is 12.8 Å². The Morgan fingerprint density at radius 1 is 1.17 bits per heavy atom. The SMILES string of the molecule is O=C1CCCCC(=O)N1CCS. The molecule has 1 fully saturated rings. The standard InChI is InChI=1S/C8H13NO2S/c10-7-3-1-2-4-8(11)9(7)5-6-12/h12H,1-6H2. The van der Waals surface area contributed by atoms with Crippen molar-refractivity contribution < 1.29 is 9.59 Å². The third-order valence-electron chi connectivity index (χ3n) is 1.96. The largest absolute Gasteiger partial charge is 0.282 e. The van der Waals surface area contributed by atoms with E-state index in [0.717, 1.165) is 12.8 Å². The highest BCUT2D eigenvalue weighted by Crippen LogP contribution is 2.12. The molecule has 0 aliphatic carbocycles. The van der Waals surface area contributed by atoms with Crippen molar-refractivity contribution >= 4 is 24.4 Å². The summed E-state index contributed by atoms with van der Waals surface area (Å²) in [6, 6.07) is 0. The molecular formula is C8H13NO2S. The van der Waals surface area contributed by atoms with E-state index in [1.165, 1.54) is 4.90 Å². The Morgan fingerprint density at radius 2 is 1.67 bits per heavy atom. The van der Waals surface area contributed by atoms with Gasteiger partial charge >= 0.3 is 0 Å². The minimum atomic E-state index is -0.0356. The van der Waals surface area contributed by atoms with Gasteiger partial charge in [0, 0.05) is 25.1 Å². The Labute approximate surface area is 77.5 Å². The van der Waals surface area contributed by atoms with Gasteiger partial charge in [0.2, 0.25) is 11.8 Å². The lowest BCUT2D eigenvalue weighted by atomic mass is 10.2. The fraction of sp³-hybridized carbons (Fsp3) is 0.750. The molecule has 0 saturated carbocycles. The Morgan fingerprint density at radius 3 is 2.08 bits per heavy atom. The predicted molar refractivity (Wildman–Crippen MR) is 49.0 cm³/mol. The maximum Gasteiger partial charge on any atom is 0.229 e. The van der Waals surface area contributed by atoms with Crippen LogP contribution in [0.3, 0.4) is 0 Å². The van der Waals surface area contributed by atoms with E-state index in [1.54, 1.807) is 0 Å². The fourth-order valence-electron chi connectivity index (χ4n) is 1.31. The van der Waals surface area contributed by atoms with Gasteiger partial charge in [-0.25, -0.2) is 0 Å². The first-order chi connectivity index (χ1) is 5.75. The van der Waals surface area contributed by atoms with Crippen LogP contribution in [-0.2, 0) is 9.59 Å². The van der Waals surface area contributed by atoms with Crippen LogP contribution in [0.15, 0.2) is 0 Å². The van der Waals surface area contributed by atoms with Crippen molar-refractivity contribution in [3.05, 3.63) is 0 Å². The third-order valence-corrected chi connectivity index (χ3v) is 2.16. The van der Waals surface area contributed by atoms with Gasteiger partial charge in [0.05, 0.1) is 0 Å². The van der Waals surface area contributed by atoms with Crippen LogP contribution in [0.5, 0.6) is 0 Å². The van der Waals surface area contributed by atoms with Crippen molar-refractivity contribution in [2.24, 2.45) is 0 Å². The van der Waals surface area contributed by atoms with Crippen LogP contribution in [0.1, 0.15) is 25.7 Å². The molecule has 0 spiro atoms. The highest BCUT2D eigenvalue weighted by molar-refractivity contribution is 7.80. The summed E-state index contributed by atoms with van der Waals surface area (Å²) in [5.41, 5.74) is 0. The Balaban J connectivity index is 2.61. The summed E-state index contributed by atoms with van der Waals surface area (Å²) in [4.78, 5) is 23.9. The summed E-state index contributed by atoms with van der Waals surface area (Å²) >= 11 is 4.00. The molecule has 68 valence electrons. The number of thiol groups is 1. The molecule has 0 bridgehead atoms. The summed E-state index contributed by atoms with van der Waals surface area (Å²) in [6.07, 6.45) is 2.71. The van der Waals surface area contributed by atoms with Crippen LogP contribution >= 0.6 is 12.6 Å². The fourth-order valence-corrected chi connectivity index (χ4v) is 1.51. The lowest BCUT2D eigenvalue weighted by molar-refractivity contribution is -0.143. The van der Waals surface area contributed by atoms with Crippen molar-refractivity contribution in [1.82, 2.24) is 4.90 Å². The predicted octanol–water partition coefficient (Wildman–Crippen LogP) is 0.845. The monoisotopic (exact) mass is 187 g/mol. The summed E-state index contributed by atoms with van der Waals surface area (Å²) in [5, 5.41) is 0. The molecule has 1 aliphatic rings. The van der Waals surface area contributed by atoms with Gasteiger partial charge in [0.15, 0.2) is 0 Å². The molecule has 0 unspecified atom stereocenters. The molecule has 12 heavy (non-hydrogen) atoms. The number of amides is 2. The Kier molecular flexibility index (Phi) is 3.59. The summed E-state index contributed by atoms with van der Waals surface area (Å²) < 4.78 is 0. The zero-order chi connectivity index (χ0) is 8.97. The third kappa shape index (κ3) is 2.24. The first kappa shape index (κ1) is 9.58. The molecule has 0 aromatic heterocycles. The first-order valence-electron chi connectivity index (χ1n) is 4.20. The highest BCUT2D eigenvalue weighted by Gasteiger charge is 2.22. The lowest BCUT2D eigenvalue weighted by Crippen LogP contribution is -2.36. The van der Waals surface area contributed by atoms with Crippen LogP contribution in [0.2, 0.25) is 0 Å². The zero-order valence-corrected chi connectivity index (χ0v) is 7.85. The van der Waals surface area contributed by atoms with Gasteiger partial charge in [-0.3, -0.25) is 14.5 Å². The number of imide groups is 1. The van der Waals surface area contributed by atoms with Crippen LogP contribution in [0, 0.1) is 0 Å². The minimum absolute atomic E-state index is 0.0356. The number of likely N-dealkylation sites (tertiary alicyclic amines) is 1. The molecule has 2 amide bonds. The molecule has 0 N–H and O–H groups in total. The van der Waals surface area contributed by atoms with Gasteiger partial charge in [0.1, 0.15) is 0 Å². The van der Waals surface area contributed by atoms with Gasteiger partial charge < -0.3 is 0 Å². The molecule has 1 saturated heterocycles. The molecule has 0 aromatic rings. The van der Waals surface area contributed by atoms with Crippen molar-refractivity contribution in [1.29, 1.82) is 0 Å². The second-order valence-corrected chi connectivity index (χ2v) is 3.32. The zero-order valence-electron chi connectivity index (χ0n) is 6.95. The number of nitrogens with zero attached hydrogens (tertiary/aromatic N) is 1. The molecule has 4 heteroatoms. The molecule has 1 aliphatic heterocycles. The Hall–Kier alpha value is -0.510. The molecule has 1 rings (SSSR count). The van der Waals surface area contributed by atoms with Crippen molar-refractivity contribution in [3.63, 3.8) is 0 Å². The number of carbonyl (C=O) groups is 2. The maximum atomic E-state index is 11.3. The number of carbonyl (C=O) groups excluding carboxylic acids is 2. The number of rotatable bonds is 2. The average molecular weight is 187 g/mol. The smallest absolute Gasteiger partial charge is 0.229 e. The van der Waals surface area contributed by atoms with Gasteiger partial charge in [-0.2, -0.15) is 12.6 Å². The van der Waals surface area contributed by atoms with E-state index in [9.17, 15) is 9.59 Å². The molecule has 0 radical (unpaired) electrons. The normalized spacial score (nSPS) is 19.6.